The monoisotopic (exact) mass is 275 g/mol. The van der Waals surface area contributed by atoms with Gasteiger partial charge in [-0.15, -0.1) is 0 Å². The summed E-state index contributed by atoms with van der Waals surface area (Å²) >= 11 is 0. The molecule has 0 spiro atoms. The summed E-state index contributed by atoms with van der Waals surface area (Å²) in [5, 5.41) is 3.59. The van der Waals surface area contributed by atoms with E-state index in [1.165, 1.54) is 54.4 Å². The van der Waals surface area contributed by atoms with Crippen LogP contribution in [0.25, 0.3) is 0 Å². The first-order valence-electron chi connectivity index (χ1n) is 8.28. The van der Waals surface area contributed by atoms with Crippen molar-refractivity contribution in [2.75, 3.05) is 6.54 Å². The Morgan fingerprint density at radius 1 is 0.850 bits per heavy atom. The SMILES string of the molecule is Cc1cc(C)c(CNCCCCCCC(C)C)cc1C. The second-order valence-electron chi connectivity index (χ2n) is 6.64. The van der Waals surface area contributed by atoms with Crippen LogP contribution in [0.1, 0.15) is 68.2 Å². The molecule has 0 saturated carbocycles. The zero-order chi connectivity index (χ0) is 15.0. The first-order chi connectivity index (χ1) is 9.50. The minimum Gasteiger partial charge on any atom is -0.313 e. The lowest BCUT2D eigenvalue weighted by Crippen LogP contribution is -2.15. The van der Waals surface area contributed by atoms with Crippen molar-refractivity contribution in [2.45, 2.75) is 73.3 Å². The van der Waals surface area contributed by atoms with Crippen molar-refractivity contribution in [3.8, 4) is 0 Å². The number of hydrogen-bond acceptors (Lipinski definition) is 1. The molecule has 0 aliphatic heterocycles. The first kappa shape index (κ1) is 17.2. The van der Waals surface area contributed by atoms with Crippen molar-refractivity contribution in [1.29, 1.82) is 0 Å². The van der Waals surface area contributed by atoms with Gasteiger partial charge >= 0.3 is 0 Å². The summed E-state index contributed by atoms with van der Waals surface area (Å²) in [6.07, 6.45) is 6.85. The van der Waals surface area contributed by atoms with Crippen LogP contribution in [0.4, 0.5) is 0 Å². The van der Waals surface area contributed by atoms with E-state index in [1.807, 2.05) is 0 Å². The lowest BCUT2D eigenvalue weighted by molar-refractivity contribution is 0.512. The van der Waals surface area contributed by atoms with Crippen LogP contribution in [0.3, 0.4) is 0 Å². The first-order valence-corrected chi connectivity index (χ1v) is 8.28. The molecule has 1 heteroatoms. The molecule has 0 bridgehead atoms. The molecular weight excluding hydrogens is 242 g/mol. The van der Waals surface area contributed by atoms with E-state index >= 15 is 0 Å². The average molecular weight is 275 g/mol. The van der Waals surface area contributed by atoms with E-state index in [9.17, 15) is 0 Å². The van der Waals surface area contributed by atoms with Crippen molar-refractivity contribution in [3.63, 3.8) is 0 Å². The van der Waals surface area contributed by atoms with Gasteiger partial charge in [0, 0.05) is 6.54 Å². The van der Waals surface area contributed by atoms with E-state index in [0.717, 1.165) is 19.0 Å². The summed E-state index contributed by atoms with van der Waals surface area (Å²) in [5.41, 5.74) is 5.67. The standard InChI is InChI=1S/C19H33N/c1-15(2)10-8-6-7-9-11-20-14-19-13-17(4)16(3)12-18(19)5/h12-13,15,20H,6-11,14H2,1-5H3. The number of unbranched alkanes of at least 4 members (excludes halogenated alkanes) is 3. The van der Waals surface area contributed by atoms with Gasteiger partial charge in [0.25, 0.3) is 0 Å². The van der Waals surface area contributed by atoms with E-state index < -0.39 is 0 Å². The van der Waals surface area contributed by atoms with Crippen LogP contribution in [0, 0.1) is 26.7 Å². The normalized spacial score (nSPS) is 11.3. The fourth-order valence-corrected chi connectivity index (χ4v) is 2.59. The van der Waals surface area contributed by atoms with Gasteiger partial charge in [-0.25, -0.2) is 0 Å². The van der Waals surface area contributed by atoms with Gasteiger partial charge < -0.3 is 5.32 Å². The van der Waals surface area contributed by atoms with Gasteiger partial charge in [0.1, 0.15) is 0 Å². The Hall–Kier alpha value is -0.820. The third-order valence-corrected chi connectivity index (χ3v) is 4.15. The van der Waals surface area contributed by atoms with Gasteiger partial charge in [0.2, 0.25) is 0 Å². The molecule has 0 radical (unpaired) electrons. The summed E-state index contributed by atoms with van der Waals surface area (Å²) < 4.78 is 0. The highest BCUT2D eigenvalue weighted by Crippen LogP contribution is 2.15. The fourth-order valence-electron chi connectivity index (χ4n) is 2.59. The van der Waals surface area contributed by atoms with Crippen molar-refractivity contribution in [3.05, 3.63) is 34.4 Å². The molecule has 0 heterocycles. The van der Waals surface area contributed by atoms with E-state index in [0.29, 0.717) is 0 Å². The van der Waals surface area contributed by atoms with Crippen LogP contribution < -0.4 is 5.32 Å². The van der Waals surface area contributed by atoms with Crippen LogP contribution in [-0.4, -0.2) is 6.54 Å². The summed E-state index contributed by atoms with van der Waals surface area (Å²) in [7, 11) is 0. The van der Waals surface area contributed by atoms with Gasteiger partial charge in [-0.3, -0.25) is 0 Å². The van der Waals surface area contributed by atoms with Gasteiger partial charge in [-0.1, -0.05) is 51.7 Å². The molecule has 0 aliphatic carbocycles. The van der Waals surface area contributed by atoms with Crippen LogP contribution in [0.5, 0.6) is 0 Å². The van der Waals surface area contributed by atoms with Gasteiger partial charge in [-0.2, -0.15) is 0 Å². The number of rotatable bonds is 9. The summed E-state index contributed by atoms with van der Waals surface area (Å²) in [4.78, 5) is 0. The van der Waals surface area contributed by atoms with Crippen molar-refractivity contribution >= 4 is 0 Å². The van der Waals surface area contributed by atoms with Crippen LogP contribution in [0.2, 0.25) is 0 Å². The topological polar surface area (TPSA) is 12.0 Å². The highest BCUT2D eigenvalue weighted by molar-refractivity contribution is 5.36. The molecule has 0 saturated heterocycles. The molecule has 1 aromatic rings. The molecule has 1 nitrogen and oxygen atoms in total. The number of benzene rings is 1. The molecule has 0 aromatic heterocycles. The average Bonchev–Trinajstić information content (AvgIpc) is 2.38. The quantitative estimate of drug-likeness (QED) is 0.602. The molecule has 20 heavy (non-hydrogen) atoms. The van der Waals surface area contributed by atoms with Crippen LogP contribution in [0.15, 0.2) is 12.1 Å². The lowest BCUT2D eigenvalue weighted by atomic mass is 10.0. The maximum absolute atomic E-state index is 3.59. The molecule has 1 N–H and O–H groups in total. The molecule has 0 fully saturated rings. The van der Waals surface area contributed by atoms with E-state index in [4.69, 9.17) is 0 Å². The number of hydrogen-bond donors (Lipinski definition) is 1. The Labute approximate surface area is 126 Å². The van der Waals surface area contributed by atoms with Crippen molar-refractivity contribution in [2.24, 2.45) is 5.92 Å². The van der Waals surface area contributed by atoms with Gasteiger partial charge in [0.15, 0.2) is 0 Å². The minimum absolute atomic E-state index is 0.862. The van der Waals surface area contributed by atoms with Crippen molar-refractivity contribution < 1.29 is 0 Å². The lowest BCUT2D eigenvalue weighted by Gasteiger charge is -2.11. The predicted octanol–water partition coefficient (Wildman–Crippen LogP) is 5.31. The largest absolute Gasteiger partial charge is 0.313 e. The molecule has 1 aromatic carbocycles. The highest BCUT2D eigenvalue weighted by atomic mass is 14.8. The maximum Gasteiger partial charge on any atom is 0.0208 e. The molecule has 0 atom stereocenters. The molecular formula is C19H33N. The smallest absolute Gasteiger partial charge is 0.0208 e. The zero-order valence-corrected chi connectivity index (χ0v) is 14.2. The molecule has 0 amide bonds. The van der Waals surface area contributed by atoms with Gasteiger partial charge in [0.05, 0.1) is 0 Å². The summed E-state index contributed by atoms with van der Waals surface area (Å²) in [6, 6.07) is 4.64. The Balaban J connectivity index is 2.14. The third kappa shape index (κ3) is 6.56. The van der Waals surface area contributed by atoms with E-state index in [1.54, 1.807) is 0 Å². The Morgan fingerprint density at radius 2 is 1.50 bits per heavy atom. The van der Waals surface area contributed by atoms with Crippen molar-refractivity contribution in [1.82, 2.24) is 5.32 Å². The second kappa shape index (κ2) is 9.18. The summed E-state index contributed by atoms with van der Waals surface area (Å²) in [6.45, 7) is 13.4. The highest BCUT2D eigenvalue weighted by Gasteiger charge is 2.01. The third-order valence-electron chi connectivity index (χ3n) is 4.15. The number of nitrogens with one attached hydrogen (secondary N) is 1. The fraction of sp³-hybridized carbons (Fsp3) is 0.684. The number of aryl methyl sites for hydroxylation is 3. The minimum atomic E-state index is 0.862. The summed E-state index contributed by atoms with van der Waals surface area (Å²) in [5.74, 6) is 0.862. The Morgan fingerprint density at radius 3 is 2.20 bits per heavy atom. The molecule has 114 valence electrons. The molecule has 0 aliphatic rings. The van der Waals surface area contributed by atoms with E-state index in [2.05, 4.69) is 52.1 Å². The Kier molecular flexibility index (Phi) is 7.91. The Bertz CT molecular complexity index is 393. The molecule has 1 rings (SSSR count). The van der Waals surface area contributed by atoms with Crippen LogP contribution in [-0.2, 0) is 6.54 Å². The van der Waals surface area contributed by atoms with Gasteiger partial charge in [-0.05, 0) is 61.9 Å². The van der Waals surface area contributed by atoms with E-state index in [-0.39, 0.29) is 0 Å². The van der Waals surface area contributed by atoms with Crippen LogP contribution >= 0.6 is 0 Å². The zero-order valence-electron chi connectivity index (χ0n) is 14.2. The predicted molar refractivity (Wildman–Crippen MR) is 90.3 cm³/mol. The second-order valence-corrected chi connectivity index (χ2v) is 6.64. The maximum atomic E-state index is 3.59. The molecule has 0 unspecified atom stereocenters.